The molecular weight excluding hydrogens is 262 g/mol. The standard InChI is InChI=1S/C17H31N3O/c1-5-17(3,21-6-2)16(18-4)13-14-11-12-20(19-14)15-9-7-8-10-15/h11-12,15-16,18H,5-10,13H2,1-4H3. The summed E-state index contributed by atoms with van der Waals surface area (Å²) in [6.07, 6.45) is 9.32. The monoisotopic (exact) mass is 293 g/mol. The minimum Gasteiger partial charge on any atom is -0.374 e. The van der Waals surface area contributed by atoms with Gasteiger partial charge in [0.1, 0.15) is 0 Å². The Kier molecular flexibility index (Phi) is 5.82. The third-order valence-electron chi connectivity index (χ3n) is 5.04. The highest BCUT2D eigenvalue weighted by molar-refractivity contribution is 5.06. The second-order valence-electron chi connectivity index (χ2n) is 6.37. The Morgan fingerprint density at radius 1 is 1.43 bits per heavy atom. The molecule has 1 aliphatic rings. The lowest BCUT2D eigenvalue weighted by Crippen LogP contribution is -2.50. The third-order valence-corrected chi connectivity index (χ3v) is 5.04. The SMILES string of the molecule is CCOC(C)(CC)C(Cc1ccn(C2CCCC2)n1)NC. The molecule has 2 rings (SSSR count). The summed E-state index contributed by atoms with van der Waals surface area (Å²) in [5.74, 6) is 0. The fourth-order valence-electron chi connectivity index (χ4n) is 3.47. The van der Waals surface area contributed by atoms with Crippen LogP contribution in [0.5, 0.6) is 0 Å². The Morgan fingerprint density at radius 2 is 2.14 bits per heavy atom. The molecule has 0 aliphatic heterocycles. The van der Waals surface area contributed by atoms with Gasteiger partial charge in [-0.25, -0.2) is 0 Å². The fourth-order valence-corrected chi connectivity index (χ4v) is 3.47. The number of likely N-dealkylation sites (N-methyl/N-ethyl adjacent to an activating group) is 1. The number of nitrogens with one attached hydrogen (secondary N) is 1. The summed E-state index contributed by atoms with van der Waals surface area (Å²) in [5.41, 5.74) is 1.03. The Hall–Kier alpha value is -0.870. The first kappa shape index (κ1) is 16.5. The van der Waals surface area contributed by atoms with Gasteiger partial charge in [0, 0.05) is 25.3 Å². The minimum absolute atomic E-state index is 0.138. The van der Waals surface area contributed by atoms with Crippen molar-refractivity contribution in [1.29, 1.82) is 0 Å². The second kappa shape index (κ2) is 7.41. The number of rotatable bonds is 8. The minimum atomic E-state index is -0.138. The topological polar surface area (TPSA) is 39.1 Å². The van der Waals surface area contributed by atoms with Gasteiger partial charge in [0.05, 0.1) is 17.3 Å². The summed E-state index contributed by atoms with van der Waals surface area (Å²) >= 11 is 0. The number of hydrogen-bond acceptors (Lipinski definition) is 3. The zero-order valence-corrected chi connectivity index (χ0v) is 14.1. The maximum Gasteiger partial charge on any atom is 0.0807 e. The first-order valence-corrected chi connectivity index (χ1v) is 8.48. The highest BCUT2D eigenvalue weighted by Gasteiger charge is 2.33. The molecule has 0 radical (unpaired) electrons. The lowest BCUT2D eigenvalue weighted by molar-refractivity contribution is -0.0536. The zero-order chi connectivity index (χ0) is 15.3. The van der Waals surface area contributed by atoms with E-state index in [1.54, 1.807) is 0 Å². The fraction of sp³-hybridized carbons (Fsp3) is 0.824. The third kappa shape index (κ3) is 3.86. The lowest BCUT2D eigenvalue weighted by Gasteiger charge is -2.36. The van der Waals surface area contributed by atoms with Crippen LogP contribution >= 0.6 is 0 Å². The van der Waals surface area contributed by atoms with Gasteiger partial charge >= 0.3 is 0 Å². The van der Waals surface area contributed by atoms with Crippen LogP contribution in [0.4, 0.5) is 0 Å². The second-order valence-corrected chi connectivity index (χ2v) is 6.37. The van der Waals surface area contributed by atoms with Crippen LogP contribution < -0.4 is 5.32 Å². The van der Waals surface area contributed by atoms with Crippen LogP contribution in [0.15, 0.2) is 12.3 Å². The van der Waals surface area contributed by atoms with E-state index in [9.17, 15) is 0 Å². The summed E-state index contributed by atoms with van der Waals surface area (Å²) in [6, 6.07) is 3.08. The number of ether oxygens (including phenoxy) is 1. The smallest absolute Gasteiger partial charge is 0.0807 e. The molecule has 1 aliphatic carbocycles. The van der Waals surface area contributed by atoms with E-state index in [0.29, 0.717) is 6.04 Å². The van der Waals surface area contributed by atoms with Crippen LogP contribution in [0.25, 0.3) is 0 Å². The van der Waals surface area contributed by atoms with E-state index in [0.717, 1.165) is 19.4 Å². The normalized spacial score (nSPS) is 20.6. The molecule has 1 N–H and O–H groups in total. The first-order chi connectivity index (χ1) is 10.1. The zero-order valence-electron chi connectivity index (χ0n) is 14.1. The molecule has 2 atom stereocenters. The van der Waals surface area contributed by atoms with Gasteiger partial charge in [0.2, 0.25) is 0 Å². The van der Waals surface area contributed by atoms with Crippen LogP contribution in [0.2, 0.25) is 0 Å². The predicted octanol–water partition coefficient (Wildman–Crippen LogP) is 3.33. The Balaban J connectivity index is 2.04. The quantitative estimate of drug-likeness (QED) is 0.799. The Labute approximate surface area is 129 Å². The van der Waals surface area contributed by atoms with Crippen LogP contribution in [0.3, 0.4) is 0 Å². The van der Waals surface area contributed by atoms with Crippen molar-refractivity contribution < 1.29 is 4.74 Å². The van der Waals surface area contributed by atoms with Crippen LogP contribution in [0.1, 0.15) is 64.6 Å². The van der Waals surface area contributed by atoms with Crippen molar-refractivity contribution in [3.8, 4) is 0 Å². The van der Waals surface area contributed by atoms with Gasteiger partial charge in [0.15, 0.2) is 0 Å². The summed E-state index contributed by atoms with van der Waals surface area (Å²) in [7, 11) is 2.02. The van der Waals surface area contributed by atoms with Crippen molar-refractivity contribution in [2.24, 2.45) is 0 Å². The molecule has 0 amide bonds. The Bertz CT molecular complexity index is 425. The number of hydrogen-bond donors (Lipinski definition) is 1. The molecule has 0 aromatic carbocycles. The van der Waals surface area contributed by atoms with Crippen LogP contribution in [0, 0.1) is 0 Å². The maximum absolute atomic E-state index is 6.01. The van der Waals surface area contributed by atoms with Gasteiger partial charge in [0.25, 0.3) is 0 Å². The first-order valence-electron chi connectivity index (χ1n) is 8.48. The molecule has 1 fully saturated rings. The highest BCUT2D eigenvalue weighted by Crippen LogP contribution is 2.29. The lowest BCUT2D eigenvalue weighted by atomic mass is 9.90. The van der Waals surface area contributed by atoms with Crippen LogP contribution in [-0.2, 0) is 11.2 Å². The van der Waals surface area contributed by atoms with Crippen molar-refractivity contribution in [3.05, 3.63) is 18.0 Å². The van der Waals surface area contributed by atoms with E-state index in [1.165, 1.54) is 31.4 Å². The van der Waals surface area contributed by atoms with Gasteiger partial charge < -0.3 is 10.1 Å². The van der Waals surface area contributed by atoms with Gasteiger partial charge in [-0.2, -0.15) is 5.10 Å². The molecule has 0 saturated heterocycles. The largest absolute Gasteiger partial charge is 0.374 e. The van der Waals surface area contributed by atoms with Crippen molar-refractivity contribution in [1.82, 2.24) is 15.1 Å². The molecule has 1 aromatic rings. The number of aromatic nitrogens is 2. The van der Waals surface area contributed by atoms with Gasteiger partial charge in [-0.15, -0.1) is 0 Å². The predicted molar refractivity (Wildman–Crippen MR) is 86.6 cm³/mol. The van der Waals surface area contributed by atoms with E-state index in [-0.39, 0.29) is 11.6 Å². The van der Waals surface area contributed by atoms with Crippen molar-refractivity contribution in [2.45, 2.75) is 77.0 Å². The molecular formula is C17H31N3O. The van der Waals surface area contributed by atoms with E-state index >= 15 is 0 Å². The Morgan fingerprint density at radius 3 is 2.71 bits per heavy atom. The molecule has 21 heavy (non-hydrogen) atoms. The molecule has 4 nitrogen and oxygen atoms in total. The van der Waals surface area contributed by atoms with E-state index in [1.807, 2.05) is 7.05 Å². The van der Waals surface area contributed by atoms with Crippen molar-refractivity contribution in [3.63, 3.8) is 0 Å². The average molecular weight is 293 g/mol. The molecule has 1 saturated carbocycles. The van der Waals surface area contributed by atoms with E-state index in [2.05, 4.69) is 43.0 Å². The van der Waals surface area contributed by atoms with Gasteiger partial charge in [-0.05, 0) is 46.2 Å². The van der Waals surface area contributed by atoms with Gasteiger partial charge in [-0.1, -0.05) is 19.8 Å². The summed E-state index contributed by atoms with van der Waals surface area (Å²) in [5, 5.41) is 8.24. The summed E-state index contributed by atoms with van der Waals surface area (Å²) < 4.78 is 8.19. The molecule has 4 heteroatoms. The molecule has 1 heterocycles. The molecule has 1 aromatic heterocycles. The molecule has 2 unspecified atom stereocenters. The summed E-state index contributed by atoms with van der Waals surface area (Å²) in [4.78, 5) is 0. The van der Waals surface area contributed by atoms with Crippen LogP contribution in [-0.4, -0.2) is 35.1 Å². The van der Waals surface area contributed by atoms with Gasteiger partial charge in [-0.3, -0.25) is 4.68 Å². The highest BCUT2D eigenvalue weighted by atomic mass is 16.5. The summed E-state index contributed by atoms with van der Waals surface area (Å²) in [6.45, 7) is 7.21. The maximum atomic E-state index is 6.01. The van der Waals surface area contributed by atoms with E-state index < -0.39 is 0 Å². The van der Waals surface area contributed by atoms with E-state index in [4.69, 9.17) is 9.84 Å². The molecule has 0 bridgehead atoms. The van der Waals surface area contributed by atoms with Crippen molar-refractivity contribution in [2.75, 3.05) is 13.7 Å². The molecule has 0 spiro atoms. The molecule has 120 valence electrons. The average Bonchev–Trinajstić information content (AvgIpc) is 3.15. The van der Waals surface area contributed by atoms with Crippen molar-refractivity contribution >= 4 is 0 Å². The number of nitrogens with zero attached hydrogens (tertiary/aromatic N) is 2.